The lowest BCUT2D eigenvalue weighted by Crippen LogP contribution is -2.58. The first-order chi connectivity index (χ1) is 13.5. The summed E-state index contributed by atoms with van der Waals surface area (Å²) in [6.45, 7) is 5.33. The molecule has 1 N–H and O–H groups in total. The third-order valence-electron chi connectivity index (χ3n) is 4.54. The number of benzene rings is 1. The Morgan fingerprint density at radius 1 is 1.21 bits per heavy atom. The average Bonchev–Trinajstić information content (AvgIpc) is 3.17. The van der Waals surface area contributed by atoms with Crippen LogP contribution < -0.4 is 10.2 Å². The fourth-order valence-corrected chi connectivity index (χ4v) is 2.92. The number of aromatic nitrogens is 2. The van der Waals surface area contributed by atoms with E-state index >= 15 is 0 Å². The smallest absolute Gasteiger partial charge is 0.335 e. The number of nitrogens with one attached hydrogen (secondary N) is 1. The molecule has 1 saturated heterocycles. The van der Waals surface area contributed by atoms with E-state index in [1.165, 1.54) is 6.21 Å². The van der Waals surface area contributed by atoms with E-state index in [2.05, 4.69) is 29.1 Å². The summed E-state index contributed by atoms with van der Waals surface area (Å²) in [5.74, 6) is -2.02. The predicted molar refractivity (Wildman–Crippen MR) is 105 cm³/mol. The SMILES string of the molecule is CC(C)c1ccc(N2C(=O)NC(=O)[C@@H](C=NCCCn3ccnc3)C2=O)cc1. The highest BCUT2D eigenvalue weighted by molar-refractivity contribution is 6.32. The zero-order valence-electron chi connectivity index (χ0n) is 15.9. The summed E-state index contributed by atoms with van der Waals surface area (Å²) >= 11 is 0. The number of carbonyl (C=O) groups excluding carboxylic acids is 3. The lowest BCUT2D eigenvalue weighted by Gasteiger charge is -2.28. The number of amides is 4. The molecule has 1 fully saturated rings. The maximum Gasteiger partial charge on any atom is 0.335 e. The molecule has 1 aromatic carbocycles. The quantitative estimate of drug-likeness (QED) is 0.452. The highest BCUT2D eigenvalue weighted by atomic mass is 16.2. The highest BCUT2D eigenvalue weighted by Crippen LogP contribution is 2.23. The van der Waals surface area contributed by atoms with Gasteiger partial charge in [0.25, 0.3) is 5.91 Å². The molecule has 28 heavy (non-hydrogen) atoms. The van der Waals surface area contributed by atoms with Gasteiger partial charge in [-0.15, -0.1) is 0 Å². The van der Waals surface area contributed by atoms with Crippen LogP contribution in [0.5, 0.6) is 0 Å². The number of imidazole rings is 1. The van der Waals surface area contributed by atoms with Crippen LogP contribution in [0, 0.1) is 5.92 Å². The van der Waals surface area contributed by atoms with Gasteiger partial charge in [-0.2, -0.15) is 0 Å². The van der Waals surface area contributed by atoms with Crippen molar-refractivity contribution >= 4 is 29.7 Å². The maximum atomic E-state index is 12.8. The van der Waals surface area contributed by atoms with Crippen molar-refractivity contribution in [2.24, 2.45) is 10.9 Å². The van der Waals surface area contributed by atoms with Crippen molar-refractivity contribution in [3.05, 3.63) is 48.5 Å². The van der Waals surface area contributed by atoms with Crippen LogP contribution in [0.1, 0.15) is 31.7 Å². The predicted octanol–water partition coefficient (Wildman–Crippen LogP) is 2.37. The summed E-state index contributed by atoms with van der Waals surface area (Å²) < 4.78 is 1.93. The van der Waals surface area contributed by atoms with Gasteiger partial charge >= 0.3 is 6.03 Å². The molecule has 2 heterocycles. The first kappa shape index (κ1) is 19.5. The Morgan fingerprint density at radius 2 is 1.96 bits per heavy atom. The van der Waals surface area contributed by atoms with E-state index in [1.807, 2.05) is 22.9 Å². The Hall–Kier alpha value is -3.29. The minimum Gasteiger partial charge on any atom is -0.337 e. The molecule has 1 aromatic heterocycles. The number of anilines is 1. The van der Waals surface area contributed by atoms with E-state index in [0.717, 1.165) is 23.4 Å². The van der Waals surface area contributed by atoms with Crippen molar-refractivity contribution < 1.29 is 14.4 Å². The fourth-order valence-electron chi connectivity index (χ4n) is 2.92. The molecular weight excluding hydrogens is 358 g/mol. The number of nitrogens with zero attached hydrogens (tertiary/aromatic N) is 4. The summed E-state index contributed by atoms with van der Waals surface area (Å²) in [7, 11) is 0. The van der Waals surface area contributed by atoms with Crippen molar-refractivity contribution in [3.63, 3.8) is 0 Å². The van der Waals surface area contributed by atoms with Crippen LogP contribution >= 0.6 is 0 Å². The zero-order valence-corrected chi connectivity index (χ0v) is 15.9. The van der Waals surface area contributed by atoms with Crippen molar-refractivity contribution in [1.29, 1.82) is 0 Å². The van der Waals surface area contributed by atoms with Crippen LogP contribution in [-0.4, -0.2) is 40.2 Å². The number of hydrogen-bond acceptors (Lipinski definition) is 5. The van der Waals surface area contributed by atoms with Crippen LogP contribution in [0.4, 0.5) is 10.5 Å². The Morgan fingerprint density at radius 3 is 2.61 bits per heavy atom. The van der Waals surface area contributed by atoms with Crippen molar-refractivity contribution in [1.82, 2.24) is 14.9 Å². The largest absolute Gasteiger partial charge is 0.337 e. The minimum atomic E-state index is -1.12. The van der Waals surface area contributed by atoms with Gasteiger partial charge < -0.3 is 4.57 Å². The van der Waals surface area contributed by atoms with E-state index in [9.17, 15) is 14.4 Å². The summed E-state index contributed by atoms with van der Waals surface area (Å²) in [5.41, 5.74) is 1.53. The first-order valence-electron chi connectivity index (χ1n) is 9.22. The second-order valence-electron chi connectivity index (χ2n) is 6.90. The molecule has 4 amide bonds. The Kier molecular flexibility index (Phi) is 5.98. The molecule has 8 nitrogen and oxygen atoms in total. The Labute approximate surface area is 163 Å². The van der Waals surface area contributed by atoms with Crippen LogP contribution in [-0.2, 0) is 16.1 Å². The molecule has 0 radical (unpaired) electrons. The molecular formula is C20H23N5O3. The van der Waals surface area contributed by atoms with E-state index < -0.39 is 23.8 Å². The number of carbonyl (C=O) groups is 3. The third-order valence-corrected chi connectivity index (χ3v) is 4.54. The molecule has 0 aliphatic carbocycles. The number of hydrogen-bond donors (Lipinski definition) is 1. The molecule has 0 unspecified atom stereocenters. The summed E-state index contributed by atoms with van der Waals surface area (Å²) in [6.07, 6.45) is 7.35. The van der Waals surface area contributed by atoms with Gasteiger partial charge in [-0.3, -0.25) is 19.9 Å². The van der Waals surface area contributed by atoms with Gasteiger partial charge in [0, 0.05) is 31.7 Å². The fraction of sp³-hybridized carbons (Fsp3) is 0.350. The van der Waals surface area contributed by atoms with Gasteiger partial charge in [0.1, 0.15) is 0 Å². The number of rotatable bonds is 7. The average molecular weight is 381 g/mol. The van der Waals surface area contributed by atoms with Crippen LogP contribution in [0.2, 0.25) is 0 Å². The van der Waals surface area contributed by atoms with E-state index in [4.69, 9.17) is 0 Å². The van der Waals surface area contributed by atoms with Crippen LogP contribution in [0.3, 0.4) is 0 Å². The van der Waals surface area contributed by atoms with E-state index in [1.54, 1.807) is 24.7 Å². The zero-order chi connectivity index (χ0) is 20.1. The Bertz CT molecular complexity index is 872. The minimum absolute atomic E-state index is 0.337. The second-order valence-corrected chi connectivity index (χ2v) is 6.90. The lowest BCUT2D eigenvalue weighted by atomic mass is 10.0. The summed E-state index contributed by atoms with van der Waals surface area (Å²) in [4.78, 5) is 46.2. The maximum absolute atomic E-state index is 12.8. The molecule has 0 spiro atoms. The first-order valence-corrected chi connectivity index (χ1v) is 9.22. The normalized spacial score (nSPS) is 17.6. The Balaban J connectivity index is 1.66. The molecule has 1 atom stereocenters. The second kappa shape index (κ2) is 8.60. The van der Waals surface area contributed by atoms with Crippen LogP contribution in [0.25, 0.3) is 0 Å². The van der Waals surface area contributed by atoms with E-state index in [0.29, 0.717) is 18.2 Å². The van der Waals surface area contributed by atoms with Crippen molar-refractivity contribution in [2.75, 3.05) is 11.4 Å². The highest BCUT2D eigenvalue weighted by Gasteiger charge is 2.40. The molecule has 146 valence electrons. The molecule has 1 aliphatic rings. The van der Waals surface area contributed by atoms with Gasteiger partial charge in [-0.1, -0.05) is 26.0 Å². The molecule has 3 rings (SSSR count). The molecule has 0 bridgehead atoms. The van der Waals surface area contributed by atoms with Gasteiger partial charge in [0.15, 0.2) is 5.92 Å². The topological polar surface area (TPSA) is 96.7 Å². The van der Waals surface area contributed by atoms with Gasteiger partial charge in [-0.05, 0) is 30.0 Å². The number of aryl methyl sites for hydroxylation is 1. The van der Waals surface area contributed by atoms with Crippen molar-refractivity contribution in [3.8, 4) is 0 Å². The monoisotopic (exact) mass is 381 g/mol. The number of urea groups is 1. The third kappa shape index (κ3) is 4.33. The summed E-state index contributed by atoms with van der Waals surface area (Å²) in [5, 5.41) is 2.23. The number of aliphatic imine (C=N–C) groups is 1. The molecule has 8 heteroatoms. The molecule has 2 aromatic rings. The number of barbiturate groups is 1. The van der Waals surface area contributed by atoms with E-state index in [-0.39, 0.29) is 0 Å². The summed E-state index contributed by atoms with van der Waals surface area (Å²) in [6, 6.07) is 6.42. The molecule has 1 aliphatic heterocycles. The molecule has 0 saturated carbocycles. The lowest BCUT2D eigenvalue weighted by molar-refractivity contribution is -0.131. The number of imide groups is 2. The van der Waals surface area contributed by atoms with Gasteiger partial charge in [-0.25, -0.2) is 14.7 Å². The van der Waals surface area contributed by atoms with Gasteiger partial charge in [0.05, 0.1) is 12.0 Å². The van der Waals surface area contributed by atoms with Crippen LogP contribution in [0.15, 0.2) is 48.0 Å². The van der Waals surface area contributed by atoms with Gasteiger partial charge in [0.2, 0.25) is 5.91 Å². The van der Waals surface area contributed by atoms with Crippen molar-refractivity contribution in [2.45, 2.75) is 32.7 Å². The standard InChI is InChI=1S/C20H23N5O3/c1-14(2)15-4-6-16(7-5-15)25-19(27)17(18(26)23-20(25)28)12-21-8-3-10-24-11-9-22-13-24/h4-7,9,11-14,17H,3,8,10H2,1-2H3,(H,23,26,28)/t17-/m1/s1.